The van der Waals surface area contributed by atoms with E-state index in [0.29, 0.717) is 16.5 Å². The maximum atomic E-state index is 13.2. The van der Waals surface area contributed by atoms with E-state index in [9.17, 15) is 9.59 Å². The first-order valence-electron chi connectivity index (χ1n) is 12.2. The molecule has 2 aromatic rings. The van der Waals surface area contributed by atoms with Crippen LogP contribution in [-0.2, 0) is 10.2 Å². The molecule has 0 aliphatic carbocycles. The highest BCUT2D eigenvalue weighted by molar-refractivity contribution is 7.99. The average molecular weight is 501 g/mol. The van der Waals surface area contributed by atoms with E-state index < -0.39 is 5.41 Å². The van der Waals surface area contributed by atoms with Crippen LogP contribution in [0.4, 0.5) is 0 Å². The molecule has 6 heteroatoms. The van der Waals surface area contributed by atoms with Gasteiger partial charge in [-0.15, -0.1) is 11.8 Å². The number of nitrogens with zero attached hydrogens (tertiary/aromatic N) is 2. The first-order valence-corrected chi connectivity index (χ1v) is 13.6. The molecule has 0 atom stereocenters. The smallest absolute Gasteiger partial charge is 0.254 e. The third-order valence-corrected chi connectivity index (χ3v) is 8.18. The summed E-state index contributed by atoms with van der Waals surface area (Å²) < 4.78 is 0. The molecule has 0 N–H and O–H groups in total. The van der Waals surface area contributed by atoms with Crippen molar-refractivity contribution < 1.29 is 9.59 Å². The number of unbranched alkanes of at least 4 members (excludes halogenated alkanes) is 1. The van der Waals surface area contributed by atoms with E-state index in [2.05, 4.69) is 4.90 Å². The summed E-state index contributed by atoms with van der Waals surface area (Å²) in [6.45, 7) is 5.81. The zero-order valence-corrected chi connectivity index (χ0v) is 22.4. The van der Waals surface area contributed by atoms with Crippen LogP contribution >= 0.6 is 23.4 Å². The van der Waals surface area contributed by atoms with Crippen LogP contribution in [0.5, 0.6) is 0 Å². The largest absolute Gasteiger partial charge is 0.345 e. The van der Waals surface area contributed by atoms with E-state index in [-0.39, 0.29) is 11.8 Å². The highest BCUT2D eigenvalue weighted by Gasteiger charge is 2.35. The van der Waals surface area contributed by atoms with Gasteiger partial charge >= 0.3 is 0 Å². The predicted molar refractivity (Wildman–Crippen MR) is 143 cm³/mol. The quantitative estimate of drug-likeness (QED) is 0.290. The van der Waals surface area contributed by atoms with Crippen molar-refractivity contribution in [2.75, 3.05) is 32.9 Å². The lowest BCUT2D eigenvalue weighted by atomic mass is 9.82. The lowest BCUT2D eigenvalue weighted by Crippen LogP contribution is -2.47. The van der Waals surface area contributed by atoms with E-state index in [1.165, 1.54) is 12.8 Å². The van der Waals surface area contributed by atoms with E-state index in [1.807, 2.05) is 62.4 Å². The van der Waals surface area contributed by atoms with E-state index >= 15 is 0 Å². The van der Waals surface area contributed by atoms with Gasteiger partial charge in [0.15, 0.2) is 0 Å². The molecule has 0 aromatic heterocycles. The Morgan fingerprint density at radius 1 is 1.06 bits per heavy atom. The van der Waals surface area contributed by atoms with Crippen LogP contribution in [0.2, 0.25) is 5.02 Å². The molecule has 2 amide bonds. The number of amides is 2. The maximum Gasteiger partial charge on any atom is 0.254 e. The van der Waals surface area contributed by atoms with Crippen molar-refractivity contribution in [3.8, 4) is 0 Å². The van der Waals surface area contributed by atoms with Gasteiger partial charge in [-0.1, -0.05) is 54.8 Å². The van der Waals surface area contributed by atoms with Crippen molar-refractivity contribution in [3.63, 3.8) is 0 Å². The first kappa shape index (κ1) is 26.6. The van der Waals surface area contributed by atoms with E-state index in [1.54, 1.807) is 30.8 Å². The Balaban J connectivity index is 1.36. The summed E-state index contributed by atoms with van der Waals surface area (Å²) in [7, 11) is 3.46. The molecule has 0 radical (unpaired) electrons. The van der Waals surface area contributed by atoms with Gasteiger partial charge < -0.3 is 9.80 Å². The van der Waals surface area contributed by atoms with Crippen LogP contribution in [0, 0.1) is 5.92 Å². The number of hydrogen-bond acceptors (Lipinski definition) is 3. The third-order valence-electron chi connectivity index (χ3n) is 6.78. The predicted octanol–water partition coefficient (Wildman–Crippen LogP) is 6.52. The summed E-state index contributed by atoms with van der Waals surface area (Å²) in [4.78, 5) is 30.0. The maximum absolute atomic E-state index is 13.2. The van der Waals surface area contributed by atoms with Crippen LogP contribution in [0.15, 0.2) is 53.4 Å². The second-order valence-electron chi connectivity index (χ2n) is 9.91. The zero-order valence-electron chi connectivity index (χ0n) is 20.9. The summed E-state index contributed by atoms with van der Waals surface area (Å²) in [5, 5.41) is 0.514. The molecule has 184 valence electrons. The molecule has 0 bridgehead atoms. The molecule has 0 spiro atoms. The minimum Gasteiger partial charge on any atom is -0.345 e. The monoisotopic (exact) mass is 500 g/mol. The highest BCUT2D eigenvalue weighted by Crippen LogP contribution is 2.30. The molecule has 34 heavy (non-hydrogen) atoms. The molecule has 2 aromatic carbocycles. The molecule has 1 aliphatic heterocycles. The normalized spacial score (nSPS) is 14.8. The minimum absolute atomic E-state index is 0.0714. The highest BCUT2D eigenvalue weighted by atomic mass is 35.5. The number of rotatable bonds is 9. The molecule has 3 rings (SSSR count). The van der Waals surface area contributed by atoms with Crippen molar-refractivity contribution >= 4 is 35.2 Å². The van der Waals surface area contributed by atoms with Gasteiger partial charge in [-0.3, -0.25) is 9.59 Å². The summed E-state index contributed by atoms with van der Waals surface area (Å²) in [6, 6.07) is 15.8. The van der Waals surface area contributed by atoms with Gasteiger partial charge in [-0.25, -0.2) is 0 Å². The Bertz CT molecular complexity index is 970. The lowest BCUT2D eigenvalue weighted by Gasteiger charge is -2.37. The van der Waals surface area contributed by atoms with Crippen molar-refractivity contribution in [2.45, 2.75) is 56.3 Å². The van der Waals surface area contributed by atoms with Gasteiger partial charge in [-0.05, 0) is 68.5 Å². The Kier molecular flexibility index (Phi) is 9.49. The van der Waals surface area contributed by atoms with Crippen molar-refractivity contribution in [1.29, 1.82) is 0 Å². The summed E-state index contributed by atoms with van der Waals surface area (Å²) in [5.74, 6) is 1.92. The van der Waals surface area contributed by atoms with E-state index in [0.717, 1.165) is 48.6 Å². The fraction of sp³-hybridized carbons (Fsp3) is 0.500. The summed E-state index contributed by atoms with van der Waals surface area (Å²) in [5.41, 5.74) is 1.15. The van der Waals surface area contributed by atoms with Crippen molar-refractivity contribution in [3.05, 3.63) is 64.7 Å². The Hall–Kier alpha value is -1.98. The van der Waals surface area contributed by atoms with Gasteiger partial charge in [0.05, 0.1) is 16.0 Å². The van der Waals surface area contributed by atoms with Gasteiger partial charge in [-0.2, -0.15) is 0 Å². The number of hydrogen-bond donors (Lipinski definition) is 0. The molecule has 4 nitrogen and oxygen atoms in total. The topological polar surface area (TPSA) is 40.6 Å². The molecule has 1 saturated heterocycles. The average Bonchev–Trinajstić information content (AvgIpc) is 2.84. The summed E-state index contributed by atoms with van der Waals surface area (Å²) in [6.07, 6.45) is 5.77. The number of benzene rings is 2. The molecule has 0 unspecified atom stereocenters. The summed E-state index contributed by atoms with van der Waals surface area (Å²) >= 11 is 8.11. The van der Waals surface area contributed by atoms with Crippen molar-refractivity contribution in [1.82, 2.24) is 9.80 Å². The Labute approximate surface area is 214 Å². The molecular formula is C28H37ClN2O2S. The van der Waals surface area contributed by atoms with Crippen LogP contribution in [0.1, 0.15) is 61.9 Å². The van der Waals surface area contributed by atoms with E-state index in [4.69, 9.17) is 11.6 Å². The van der Waals surface area contributed by atoms with Gasteiger partial charge in [0.2, 0.25) is 5.91 Å². The Morgan fingerprint density at radius 3 is 2.35 bits per heavy atom. The SMILES string of the molecule is CN(C)C(=O)c1ccc(SCCCCC2CCN(C(=O)C(C)(C)c3ccccc3)CC2)cc1Cl. The lowest BCUT2D eigenvalue weighted by molar-refractivity contribution is -0.137. The fourth-order valence-corrected chi connectivity index (χ4v) is 5.80. The number of carbonyl (C=O) groups excluding carboxylic acids is 2. The number of likely N-dealkylation sites (tertiary alicyclic amines) is 1. The molecular weight excluding hydrogens is 464 g/mol. The number of piperidine rings is 1. The molecule has 1 fully saturated rings. The molecule has 1 heterocycles. The number of carbonyl (C=O) groups is 2. The minimum atomic E-state index is -0.480. The van der Waals surface area contributed by atoms with Crippen molar-refractivity contribution in [2.24, 2.45) is 5.92 Å². The van der Waals surface area contributed by atoms with Crippen LogP contribution in [0.3, 0.4) is 0 Å². The second-order valence-corrected chi connectivity index (χ2v) is 11.5. The number of halogens is 1. The van der Waals surface area contributed by atoms with Gasteiger partial charge in [0, 0.05) is 32.1 Å². The van der Waals surface area contributed by atoms with Crippen LogP contribution in [-0.4, -0.2) is 54.6 Å². The van der Waals surface area contributed by atoms with Crippen LogP contribution < -0.4 is 0 Å². The molecule has 0 saturated carbocycles. The molecule has 1 aliphatic rings. The Morgan fingerprint density at radius 2 is 1.74 bits per heavy atom. The fourth-order valence-electron chi connectivity index (χ4n) is 4.52. The number of thioether (sulfide) groups is 1. The third kappa shape index (κ3) is 6.79. The van der Waals surface area contributed by atoms with Gasteiger partial charge in [0.1, 0.15) is 0 Å². The zero-order chi connectivity index (χ0) is 24.7. The second kappa shape index (κ2) is 12.1. The standard InChI is InChI=1S/C28H37ClN2O2S/c1-28(2,22-11-6-5-7-12-22)27(33)31-17-15-21(16-18-31)10-8-9-19-34-23-13-14-24(25(29)20-23)26(32)30(3)4/h5-7,11-14,20-21H,8-10,15-19H2,1-4H3. The first-order chi connectivity index (χ1) is 16.2. The van der Waals surface area contributed by atoms with Crippen LogP contribution in [0.25, 0.3) is 0 Å². The van der Waals surface area contributed by atoms with Gasteiger partial charge in [0.25, 0.3) is 5.91 Å².